The number of fused-ring (bicyclic) bond motifs is 5. The molecule has 4 aromatic rings. The van der Waals surface area contributed by atoms with Crippen LogP contribution in [0.4, 0.5) is 0 Å². The summed E-state index contributed by atoms with van der Waals surface area (Å²) in [6, 6.07) is 14.3. The van der Waals surface area contributed by atoms with Gasteiger partial charge in [-0.05, 0) is 91.9 Å². The number of hydrogen-bond donors (Lipinski definition) is 7. The SMILES string of the molecule is Cc1nc(-c2ccc(OCC(C)(C)C)cc2)ncc1C(=O)NC(CCN)C(=O)N(C)C1C(=O)NC(C)C(=O)NC(C(=O)NCC#N)Cc2ccc(OCCN)c(c2)-c2cc1ccc2OCCN. The van der Waals surface area contributed by atoms with E-state index in [-0.39, 0.29) is 63.2 Å². The Labute approximate surface area is 390 Å². The van der Waals surface area contributed by atoms with Gasteiger partial charge < -0.3 is 57.6 Å². The number of aromatic nitrogens is 2. The van der Waals surface area contributed by atoms with E-state index in [1.165, 1.54) is 25.1 Å². The molecule has 0 saturated heterocycles. The molecule has 1 aromatic heterocycles. The van der Waals surface area contributed by atoms with Crippen LogP contribution in [-0.2, 0) is 25.6 Å². The van der Waals surface area contributed by atoms with Gasteiger partial charge in [0.05, 0.1) is 23.9 Å². The largest absolute Gasteiger partial charge is 0.493 e. The molecule has 19 heteroatoms. The molecule has 1 aliphatic rings. The highest BCUT2D eigenvalue weighted by Gasteiger charge is 2.36. The molecule has 0 spiro atoms. The normalized spacial score (nSPS) is 16.5. The molecule has 4 atom stereocenters. The summed E-state index contributed by atoms with van der Waals surface area (Å²) in [7, 11) is 1.41. The lowest BCUT2D eigenvalue weighted by Crippen LogP contribution is -2.56. The number of hydrogen-bond acceptors (Lipinski definition) is 14. The molecule has 1 aliphatic heterocycles. The van der Waals surface area contributed by atoms with Crippen molar-refractivity contribution in [2.24, 2.45) is 22.6 Å². The number of benzene rings is 3. The van der Waals surface area contributed by atoms with Crippen molar-refractivity contribution >= 4 is 29.5 Å². The van der Waals surface area contributed by atoms with Gasteiger partial charge in [0.1, 0.15) is 61.2 Å². The minimum atomic E-state index is -1.41. The van der Waals surface area contributed by atoms with E-state index in [2.05, 4.69) is 52.0 Å². The predicted molar refractivity (Wildman–Crippen MR) is 250 cm³/mol. The number of nitriles is 1. The molecule has 0 aliphatic carbocycles. The van der Waals surface area contributed by atoms with Crippen molar-refractivity contribution in [2.75, 3.05) is 53.0 Å². The fraction of sp³-hybridized carbons (Fsp3) is 0.417. The number of carbonyl (C=O) groups excluding carboxylic acids is 5. The van der Waals surface area contributed by atoms with E-state index in [4.69, 9.17) is 36.7 Å². The van der Waals surface area contributed by atoms with Gasteiger partial charge >= 0.3 is 0 Å². The molecule has 4 bridgehead atoms. The summed E-state index contributed by atoms with van der Waals surface area (Å²) in [4.78, 5) is 80.4. The monoisotopic (exact) mass is 919 g/mol. The van der Waals surface area contributed by atoms with E-state index in [9.17, 15) is 24.0 Å². The molecule has 0 fully saturated rings. The highest BCUT2D eigenvalue weighted by atomic mass is 16.5. The van der Waals surface area contributed by atoms with Crippen molar-refractivity contribution in [3.8, 4) is 45.8 Å². The number of likely N-dealkylation sites (N-methyl/N-ethyl adjacent to an activating group) is 1. The Morgan fingerprint density at radius 3 is 2.18 bits per heavy atom. The van der Waals surface area contributed by atoms with Gasteiger partial charge in [-0.2, -0.15) is 5.26 Å². The quantitative estimate of drug-likeness (QED) is 0.0747. The van der Waals surface area contributed by atoms with Crippen LogP contribution in [0.5, 0.6) is 17.2 Å². The van der Waals surface area contributed by atoms with Crippen LogP contribution in [0.15, 0.2) is 66.9 Å². The van der Waals surface area contributed by atoms with Crippen LogP contribution in [0.2, 0.25) is 0 Å². The molecule has 5 amide bonds. The second-order valence-electron chi connectivity index (χ2n) is 17.3. The zero-order valence-corrected chi connectivity index (χ0v) is 38.8. The van der Waals surface area contributed by atoms with Gasteiger partial charge in [0.2, 0.25) is 23.6 Å². The summed E-state index contributed by atoms with van der Waals surface area (Å²) >= 11 is 0. The Morgan fingerprint density at radius 2 is 1.57 bits per heavy atom. The van der Waals surface area contributed by atoms with Crippen molar-refractivity contribution < 1.29 is 38.2 Å². The Bertz CT molecular complexity index is 2450. The molecule has 67 heavy (non-hydrogen) atoms. The van der Waals surface area contributed by atoms with Crippen molar-refractivity contribution in [2.45, 2.75) is 71.6 Å². The molecule has 2 heterocycles. The number of amides is 5. The summed E-state index contributed by atoms with van der Waals surface area (Å²) in [5.74, 6) is -1.56. The fourth-order valence-electron chi connectivity index (χ4n) is 7.19. The fourth-order valence-corrected chi connectivity index (χ4v) is 7.19. The van der Waals surface area contributed by atoms with Crippen molar-refractivity contribution in [3.05, 3.63) is 89.2 Å². The first kappa shape index (κ1) is 50.9. The van der Waals surface area contributed by atoms with Crippen molar-refractivity contribution in [3.63, 3.8) is 0 Å². The van der Waals surface area contributed by atoms with E-state index in [0.29, 0.717) is 63.2 Å². The molecular weight excluding hydrogens is 859 g/mol. The van der Waals surface area contributed by atoms with Gasteiger partial charge in [0.25, 0.3) is 5.91 Å². The molecule has 19 nitrogen and oxygen atoms in total. The Morgan fingerprint density at radius 1 is 0.910 bits per heavy atom. The topological polar surface area (TPSA) is 292 Å². The highest BCUT2D eigenvalue weighted by molar-refractivity contribution is 6.00. The zero-order chi connectivity index (χ0) is 48.8. The first-order valence-corrected chi connectivity index (χ1v) is 22.0. The summed E-state index contributed by atoms with van der Waals surface area (Å²) < 4.78 is 18.1. The Balaban J connectivity index is 1.52. The van der Waals surface area contributed by atoms with Crippen LogP contribution in [0.25, 0.3) is 22.5 Å². The summed E-state index contributed by atoms with van der Waals surface area (Å²) in [6.07, 6.45) is 1.37. The van der Waals surface area contributed by atoms with E-state index < -0.39 is 53.7 Å². The van der Waals surface area contributed by atoms with Gasteiger partial charge in [-0.1, -0.05) is 32.9 Å². The molecule has 5 rings (SSSR count). The number of ether oxygens (including phenoxy) is 3. The van der Waals surface area contributed by atoms with Gasteiger partial charge in [0.15, 0.2) is 5.82 Å². The molecule has 4 unspecified atom stereocenters. The lowest BCUT2D eigenvalue weighted by atomic mass is 9.93. The standard InChI is InChI=1S/C48H61N11O8/c1-28-36(26-54-42(55-28)31-8-11-33(12-9-31)67-27-48(3,4)5)44(61)57-37(15-16-49)47(64)59(6)41-32-10-14-40(66-22-19-52)35(25-32)34-23-30(7-13-39(34)65-21-18-51)24-38(45(62)53-20-17-50)58-43(60)29(2)56-46(41)63/h7-14,23,25-26,29,37-38,41H,15-16,18-22,24,27,49,51-52H2,1-6H3,(H,53,62)(H,56,63)(H,57,61)(H,58,60). The molecule has 3 aromatic carbocycles. The van der Waals surface area contributed by atoms with E-state index in [1.54, 1.807) is 43.3 Å². The van der Waals surface area contributed by atoms with Crippen LogP contribution >= 0.6 is 0 Å². The van der Waals surface area contributed by atoms with Crippen LogP contribution in [-0.4, -0.2) is 116 Å². The Kier molecular flexibility index (Phi) is 17.7. The molecule has 10 N–H and O–H groups in total. The molecule has 356 valence electrons. The number of nitrogens with two attached hydrogens (primary N) is 3. The van der Waals surface area contributed by atoms with Gasteiger partial charge in [-0.15, -0.1) is 0 Å². The van der Waals surface area contributed by atoms with Gasteiger partial charge in [-0.25, -0.2) is 9.97 Å². The van der Waals surface area contributed by atoms with Crippen molar-refractivity contribution in [1.29, 1.82) is 5.26 Å². The summed E-state index contributed by atoms with van der Waals surface area (Å²) in [5, 5.41) is 19.9. The first-order valence-electron chi connectivity index (χ1n) is 22.0. The number of carbonyl (C=O) groups is 5. The number of rotatable bonds is 17. The van der Waals surface area contributed by atoms with E-state index in [0.717, 1.165) is 0 Å². The smallest absolute Gasteiger partial charge is 0.255 e. The van der Waals surface area contributed by atoms with Crippen LogP contribution in [0.3, 0.4) is 0 Å². The van der Waals surface area contributed by atoms with Crippen LogP contribution < -0.4 is 52.7 Å². The maximum Gasteiger partial charge on any atom is 0.255 e. The molecule has 0 saturated carbocycles. The molecule has 0 radical (unpaired) electrons. The third-order valence-electron chi connectivity index (χ3n) is 10.6. The van der Waals surface area contributed by atoms with Crippen LogP contribution in [0.1, 0.15) is 67.3 Å². The second-order valence-corrected chi connectivity index (χ2v) is 17.3. The predicted octanol–water partition coefficient (Wildman–Crippen LogP) is 2.05. The minimum absolute atomic E-state index is 0.00192. The van der Waals surface area contributed by atoms with E-state index >= 15 is 0 Å². The highest BCUT2D eigenvalue weighted by Crippen LogP contribution is 2.40. The third-order valence-corrected chi connectivity index (χ3v) is 10.6. The summed E-state index contributed by atoms with van der Waals surface area (Å²) in [5.41, 5.74) is 20.7. The van der Waals surface area contributed by atoms with Crippen molar-refractivity contribution in [1.82, 2.24) is 36.1 Å². The van der Waals surface area contributed by atoms with Gasteiger partial charge in [0, 0.05) is 49.4 Å². The number of nitrogens with one attached hydrogen (secondary N) is 4. The second kappa shape index (κ2) is 23.4. The van der Waals surface area contributed by atoms with Gasteiger partial charge in [-0.3, -0.25) is 24.0 Å². The maximum atomic E-state index is 14.7. The average Bonchev–Trinajstić information content (AvgIpc) is 3.30. The third kappa shape index (κ3) is 13.5. The first-order chi connectivity index (χ1) is 32.0. The lowest BCUT2D eigenvalue weighted by molar-refractivity contribution is -0.141. The van der Waals surface area contributed by atoms with E-state index in [1.807, 2.05) is 30.3 Å². The zero-order valence-electron chi connectivity index (χ0n) is 38.8. The summed E-state index contributed by atoms with van der Waals surface area (Å²) in [6.45, 7) is 10.2. The minimum Gasteiger partial charge on any atom is -0.493 e. The molecular formula is C48H61N11O8. The maximum absolute atomic E-state index is 14.7. The number of aryl methyl sites for hydroxylation is 1. The average molecular weight is 920 g/mol. The Hall–Kier alpha value is -7.14. The lowest BCUT2D eigenvalue weighted by Gasteiger charge is -2.32. The number of nitrogens with zero attached hydrogens (tertiary/aromatic N) is 4. The van der Waals surface area contributed by atoms with Crippen LogP contribution in [0, 0.1) is 23.7 Å².